The first kappa shape index (κ1) is 16.7. The average molecular weight is 363 g/mol. The summed E-state index contributed by atoms with van der Waals surface area (Å²) in [4.78, 5) is 15.8. The van der Waals surface area contributed by atoms with Crippen molar-refractivity contribution in [2.75, 3.05) is 12.5 Å². The quantitative estimate of drug-likeness (QED) is 0.677. The molecule has 0 bridgehead atoms. The van der Waals surface area contributed by atoms with E-state index in [9.17, 15) is 9.18 Å². The topological polar surface area (TPSA) is 89.3 Å². The molecule has 0 aliphatic rings. The van der Waals surface area contributed by atoms with Crippen molar-refractivity contribution in [2.45, 2.75) is 0 Å². The van der Waals surface area contributed by atoms with Gasteiger partial charge in [0.1, 0.15) is 0 Å². The van der Waals surface area contributed by atoms with Crippen LogP contribution in [0.1, 0.15) is 10.5 Å². The van der Waals surface area contributed by atoms with Gasteiger partial charge < -0.3 is 9.26 Å². The van der Waals surface area contributed by atoms with Crippen LogP contribution in [-0.4, -0.2) is 23.2 Å². The van der Waals surface area contributed by atoms with Gasteiger partial charge in [-0.05, 0) is 24.3 Å². The number of aromatic nitrogens is 2. The number of amides is 1. The molecule has 0 atom stereocenters. The van der Waals surface area contributed by atoms with Gasteiger partial charge in [-0.3, -0.25) is 15.6 Å². The number of anilines is 1. The molecule has 0 fully saturated rings. The van der Waals surface area contributed by atoms with Gasteiger partial charge in [0.25, 0.3) is 5.91 Å². The first-order chi connectivity index (χ1) is 12.1. The molecule has 0 spiro atoms. The molecule has 0 aliphatic carbocycles. The van der Waals surface area contributed by atoms with Crippen LogP contribution in [0, 0.1) is 5.82 Å². The van der Waals surface area contributed by atoms with E-state index in [0.29, 0.717) is 10.8 Å². The van der Waals surface area contributed by atoms with Gasteiger partial charge in [0.2, 0.25) is 5.88 Å². The van der Waals surface area contributed by atoms with Crippen molar-refractivity contribution in [1.82, 2.24) is 15.6 Å². The highest BCUT2D eigenvalue weighted by atomic mass is 35.5. The van der Waals surface area contributed by atoms with Crippen LogP contribution < -0.4 is 15.6 Å². The van der Waals surface area contributed by atoms with E-state index in [-0.39, 0.29) is 17.3 Å². The maximum absolute atomic E-state index is 13.5. The number of hydrogen-bond donors (Lipinski definition) is 2. The van der Waals surface area contributed by atoms with E-state index in [1.165, 1.54) is 19.4 Å². The number of ether oxygens (including phenoxy) is 1. The highest BCUT2D eigenvalue weighted by Crippen LogP contribution is 2.22. The minimum Gasteiger partial charge on any atom is -0.479 e. The summed E-state index contributed by atoms with van der Waals surface area (Å²) in [5.74, 6) is -0.937. The largest absolute Gasteiger partial charge is 0.479 e. The average Bonchev–Trinajstić information content (AvgIpc) is 3.10. The summed E-state index contributed by atoms with van der Waals surface area (Å²) in [7, 11) is 1.31. The number of carbonyl (C=O) groups is 1. The van der Waals surface area contributed by atoms with E-state index < -0.39 is 11.7 Å². The van der Waals surface area contributed by atoms with E-state index in [2.05, 4.69) is 21.0 Å². The van der Waals surface area contributed by atoms with Gasteiger partial charge in [0.15, 0.2) is 17.3 Å². The van der Waals surface area contributed by atoms with Crippen LogP contribution in [0.3, 0.4) is 0 Å². The zero-order valence-corrected chi connectivity index (χ0v) is 13.7. The van der Waals surface area contributed by atoms with Gasteiger partial charge in [-0.15, -0.1) is 0 Å². The number of nitrogens with one attached hydrogen (secondary N) is 2. The molecule has 3 aromatic rings. The normalized spacial score (nSPS) is 10.4. The monoisotopic (exact) mass is 362 g/mol. The van der Waals surface area contributed by atoms with Gasteiger partial charge in [-0.1, -0.05) is 16.8 Å². The Morgan fingerprint density at radius 1 is 1.28 bits per heavy atom. The third-order valence-electron chi connectivity index (χ3n) is 3.19. The Morgan fingerprint density at radius 2 is 2.04 bits per heavy atom. The van der Waals surface area contributed by atoms with Crippen molar-refractivity contribution in [3.05, 3.63) is 59.1 Å². The SMILES string of the molecule is COc1ncc(NNC(=O)c2cc(-c3ccc(Cl)cc3)on2)cc1F. The number of halogens is 2. The lowest BCUT2D eigenvalue weighted by molar-refractivity contribution is 0.0953. The molecular formula is C16H12ClFN4O3. The fourth-order valence-corrected chi connectivity index (χ4v) is 2.10. The minimum atomic E-state index is -0.659. The van der Waals surface area contributed by atoms with E-state index in [4.69, 9.17) is 20.9 Å². The van der Waals surface area contributed by atoms with Crippen LogP contribution >= 0.6 is 11.6 Å². The van der Waals surface area contributed by atoms with Crippen LogP contribution in [0.25, 0.3) is 11.3 Å². The van der Waals surface area contributed by atoms with Gasteiger partial charge in [-0.25, -0.2) is 9.37 Å². The number of carbonyl (C=O) groups excluding carboxylic acids is 1. The molecule has 1 amide bonds. The molecule has 128 valence electrons. The third kappa shape index (κ3) is 3.86. The predicted molar refractivity (Wildman–Crippen MR) is 88.8 cm³/mol. The van der Waals surface area contributed by atoms with Gasteiger partial charge in [-0.2, -0.15) is 0 Å². The standard InChI is InChI=1S/C16H12ClFN4O3/c1-24-16-12(18)6-11(8-19-16)20-21-15(23)13-7-14(25-22-13)9-2-4-10(17)5-3-9/h2-8,20H,1H3,(H,21,23). The Balaban J connectivity index is 1.66. The van der Waals surface area contributed by atoms with E-state index in [1.54, 1.807) is 24.3 Å². The molecule has 7 nitrogen and oxygen atoms in total. The highest BCUT2D eigenvalue weighted by molar-refractivity contribution is 6.30. The van der Waals surface area contributed by atoms with Crippen molar-refractivity contribution in [3.8, 4) is 17.2 Å². The van der Waals surface area contributed by atoms with Gasteiger partial charge >= 0.3 is 0 Å². The molecule has 0 unspecified atom stereocenters. The molecule has 0 saturated heterocycles. The fourth-order valence-electron chi connectivity index (χ4n) is 1.97. The molecule has 0 saturated carbocycles. The molecular weight excluding hydrogens is 351 g/mol. The molecule has 3 rings (SSSR count). The van der Waals surface area contributed by atoms with Crippen LogP contribution in [0.4, 0.5) is 10.1 Å². The molecule has 0 radical (unpaired) electrons. The Hall–Kier alpha value is -3.13. The second kappa shape index (κ2) is 7.18. The number of hydrazine groups is 1. The van der Waals surface area contributed by atoms with E-state index in [1.807, 2.05) is 0 Å². The summed E-state index contributed by atoms with van der Waals surface area (Å²) in [6.07, 6.45) is 1.31. The third-order valence-corrected chi connectivity index (χ3v) is 3.44. The van der Waals surface area contributed by atoms with Crippen molar-refractivity contribution < 1.29 is 18.4 Å². The first-order valence-corrected chi connectivity index (χ1v) is 7.43. The number of nitrogens with zero attached hydrogens (tertiary/aromatic N) is 2. The minimum absolute atomic E-state index is 0.0550. The Kier molecular flexibility index (Phi) is 4.80. The van der Waals surface area contributed by atoms with Crippen LogP contribution in [0.5, 0.6) is 5.88 Å². The fraction of sp³-hybridized carbons (Fsp3) is 0.0625. The molecule has 0 aliphatic heterocycles. The van der Waals surface area contributed by atoms with Gasteiger partial charge in [0.05, 0.1) is 19.0 Å². The Labute approximate surface area is 146 Å². The van der Waals surface area contributed by atoms with Crippen molar-refractivity contribution in [3.63, 3.8) is 0 Å². The van der Waals surface area contributed by atoms with E-state index >= 15 is 0 Å². The summed E-state index contributed by atoms with van der Waals surface area (Å²) in [6.45, 7) is 0. The lowest BCUT2D eigenvalue weighted by atomic mass is 10.1. The summed E-state index contributed by atoms with van der Waals surface area (Å²) < 4.78 is 23.4. The van der Waals surface area contributed by atoms with E-state index in [0.717, 1.165) is 11.6 Å². The molecule has 2 heterocycles. The Morgan fingerprint density at radius 3 is 2.72 bits per heavy atom. The van der Waals surface area contributed by atoms with Crippen LogP contribution in [0.2, 0.25) is 5.02 Å². The summed E-state index contributed by atoms with van der Waals surface area (Å²) in [6, 6.07) is 9.50. The lowest BCUT2D eigenvalue weighted by Crippen LogP contribution is -2.29. The number of pyridine rings is 1. The maximum Gasteiger partial charge on any atom is 0.291 e. The Bertz CT molecular complexity index is 899. The molecule has 9 heteroatoms. The number of benzene rings is 1. The summed E-state index contributed by atoms with van der Waals surface area (Å²) in [5, 5.41) is 4.29. The summed E-state index contributed by atoms with van der Waals surface area (Å²) in [5.41, 5.74) is 5.93. The molecule has 25 heavy (non-hydrogen) atoms. The number of methoxy groups -OCH3 is 1. The summed E-state index contributed by atoms with van der Waals surface area (Å²) >= 11 is 5.83. The zero-order chi connectivity index (χ0) is 17.8. The molecule has 2 aromatic heterocycles. The second-order valence-electron chi connectivity index (χ2n) is 4.88. The lowest BCUT2D eigenvalue weighted by Gasteiger charge is -2.07. The molecule has 2 N–H and O–H groups in total. The molecule has 1 aromatic carbocycles. The second-order valence-corrected chi connectivity index (χ2v) is 5.31. The smallest absolute Gasteiger partial charge is 0.291 e. The van der Waals surface area contributed by atoms with Gasteiger partial charge in [0, 0.05) is 22.7 Å². The number of rotatable bonds is 5. The number of hydrogen-bond acceptors (Lipinski definition) is 6. The van der Waals surface area contributed by atoms with Crippen molar-refractivity contribution >= 4 is 23.2 Å². The van der Waals surface area contributed by atoms with Crippen LogP contribution in [0.15, 0.2) is 47.1 Å². The van der Waals surface area contributed by atoms with Crippen LogP contribution in [-0.2, 0) is 0 Å². The highest BCUT2D eigenvalue weighted by Gasteiger charge is 2.14. The predicted octanol–water partition coefficient (Wildman–Crippen LogP) is 3.29. The maximum atomic E-state index is 13.5. The zero-order valence-electron chi connectivity index (χ0n) is 12.9. The van der Waals surface area contributed by atoms with Crippen molar-refractivity contribution in [1.29, 1.82) is 0 Å². The van der Waals surface area contributed by atoms with Crippen molar-refractivity contribution in [2.24, 2.45) is 0 Å². The first-order valence-electron chi connectivity index (χ1n) is 7.05.